The molecule has 1 heterocycles. The van der Waals surface area contributed by atoms with Crippen LogP contribution in [0.25, 0.3) is 11.1 Å². The van der Waals surface area contributed by atoms with Gasteiger partial charge in [0, 0.05) is 24.8 Å². The van der Waals surface area contributed by atoms with Crippen molar-refractivity contribution >= 4 is 11.4 Å². The number of anilines is 2. The number of rotatable bonds is 1. The van der Waals surface area contributed by atoms with Crippen LogP contribution in [0, 0.1) is 20.8 Å². The number of nitrogens with zero attached hydrogens (tertiary/aromatic N) is 1. The van der Waals surface area contributed by atoms with Crippen LogP contribution in [0.4, 0.5) is 11.4 Å². The molecule has 0 amide bonds. The summed E-state index contributed by atoms with van der Waals surface area (Å²) >= 11 is 0. The Morgan fingerprint density at radius 2 is 1.46 bits per heavy atom. The molecule has 0 bridgehead atoms. The highest BCUT2D eigenvalue weighted by atomic mass is 15.1. The topological polar surface area (TPSA) is 3.24 Å². The maximum absolute atomic E-state index is 2.33. The summed E-state index contributed by atoms with van der Waals surface area (Å²) in [6, 6.07) is 20.0. The summed E-state index contributed by atoms with van der Waals surface area (Å²) in [5.41, 5.74) is 12.3. The van der Waals surface area contributed by atoms with E-state index in [9.17, 15) is 0 Å². The van der Waals surface area contributed by atoms with Gasteiger partial charge in [0.05, 0.1) is 0 Å². The Balaban J connectivity index is 1.95. The molecule has 0 saturated heterocycles. The fraction of sp³-hybridized carbons (Fsp3) is 0.217. The van der Waals surface area contributed by atoms with Crippen LogP contribution >= 0.6 is 0 Å². The van der Waals surface area contributed by atoms with E-state index in [4.69, 9.17) is 0 Å². The van der Waals surface area contributed by atoms with Gasteiger partial charge in [-0.15, -0.1) is 0 Å². The standard InChI is InChI=1S/C23H23N/c1-15-12-16(2)23(17(3)13-15)19-9-7-11-22-20(19)14-18-8-5-6-10-21(18)24(22)4/h5-13H,14H2,1-4H3. The maximum Gasteiger partial charge on any atom is 0.0450 e. The first-order chi connectivity index (χ1) is 11.6. The molecule has 0 unspecified atom stereocenters. The SMILES string of the molecule is Cc1cc(C)c(-c2cccc3c2Cc2ccccc2N3C)c(C)c1. The first-order valence-corrected chi connectivity index (χ1v) is 8.58. The minimum Gasteiger partial charge on any atom is -0.344 e. The molecule has 0 spiro atoms. The first-order valence-electron chi connectivity index (χ1n) is 8.58. The van der Waals surface area contributed by atoms with Crippen LogP contribution in [0.5, 0.6) is 0 Å². The molecule has 3 aromatic rings. The van der Waals surface area contributed by atoms with Gasteiger partial charge >= 0.3 is 0 Å². The van der Waals surface area contributed by atoms with Gasteiger partial charge < -0.3 is 4.90 Å². The zero-order valence-electron chi connectivity index (χ0n) is 14.9. The number of para-hydroxylation sites is 1. The Morgan fingerprint density at radius 1 is 0.792 bits per heavy atom. The summed E-state index contributed by atoms with van der Waals surface area (Å²) < 4.78 is 0. The average molecular weight is 313 g/mol. The van der Waals surface area contributed by atoms with E-state index in [1.807, 2.05) is 0 Å². The van der Waals surface area contributed by atoms with E-state index in [1.165, 1.54) is 50.3 Å². The number of hydrogen-bond acceptors (Lipinski definition) is 1. The molecule has 0 radical (unpaired) electrons. The molecule has 1 aliphatic heterocycles. The fourth-order valence-corrected chi connectivity index (χ4v) is 4.22. The van der Waals surface area contributed by atoms with Crippen molar-refractivity contribution in [1.82, 2.24) is 0 Å². The maximum atomic E-state index is 2.33. The van der Waals surface area contributed by atoms with E-state index in [2.05, 4.69) is 87.3 Å². The van der Waals surface area contributed by atoms with Gasteiger partial charge in [0.25, 0.3) is 0 Å². The molecule has 0 atom stereocenters. The number of fused-ring (bicyclic) bond motifs is 2. The Labute approximate surface area is 144 Å². The zero-order valence-corrected chi connectivity index (χ0v) is 14.9. The molecule has 120 valence electrons. The van der Waals surface area contributed by atoms with Crippen LogP contribution in [0.2, 0.25) is 0 Å². The van der Waals surface area contributed by atoms with Gasteiger partial charge in [-0.3, -0.25) is 0 Å². The lowest BCUT2D eigenvalue weighted by molar-refractivity contribution is 1.06. The van der Waals surface area contributed by atoms with Gasteiger partial charge in [-0.05, 0) is 66.3 Å². The molecule has 0 aromatic heterocycles. The van der Waals surface area contributed by atoms with Gasteiger partial charge in [0.15, 0.2) is 0 Å². The molecule has 1 heteroatoms. The van der Waals surface area contributed by atoms with E-state index >= 15 is 0 Å². The van der Waals surface area contributed by atoms with Gasteiger partial charge in [0.2, 0.25) is 0 Å². The van der Waals surface area contributed by atoms with E-state index in [0.29, 0.717) is 0 Å². The molecule has 3 aromatic carbocycles. The van der Waals surface area contributed by atoms with E-state index < -0.39 is 0 Å². The smallest absolute Gasteiger partial charge is 0.0450 e. The van der Waals surface area contributed by atoms with Gasteiger partial charge in [0.1, 0.15) is 0 Å². The Kier molecular flexibility index (Phi) is 3.45. The van der Waals surface area contributed by atoms with Crippen molar-refractivity contribution in [1.29, 1.82) is 0 Å². The third kappa shape index (κ3) is 2.24. The van der Waals surface area contributed by atoms with Crippen LogP contribution < -0.4 is 4.90 Å². The minimum atomic E-state index is 0.999. The van der Waals surface area contributed by atoms with Crippen molar-refractivity contribution in [3.05, 3.63) is 82.4 Å². The Bertz CT molecular complexity index is 914. The summed E-state index contributed by atoms with van der Waals surface area (Å²) in [4.78, 5) is 2.33. The lowest BCUT2D eigenvalue weighted by Crippen LogP contribution is -2.19. The first kappa shape index (κ1) is 15.0. The quantitative estimate of drug-likeness (QED) is 0.536. The molecule has 0 fully saturated rings. The van der Waals surface area contributed by atoms with Gasteiger partial charge in [-0.1, -0.05) is 48.0 Å². The molecule has 0 aliphatic carbocycles. The minimum absolute atomic E-state index is 0.999. The number of hydrogen-bond donors (Lipinski definition) is 0. The summed E-state index contributed by atoms with van der Waals surface area (Å²) in [7, 11) is 2.18. The van der Waals surface area contributed by atoms with E-state index in [0.717, 1.165) is 6.42 Å². The number of benzene rings is 3. The van der Waals surface area contributed by atoms with Crippen LogP contribution in [0.3, 0.4) is 0 Å². The summed E-state index contributed by atoms with van der Waals surface area (Å²) in [5.74, 6) is 0. The van der Waals surface area contributed by atoms with Crippen molar-refractivity contribution in [3.8, 4) is 11.1 Å². The third-order valence-electron chi connectivity index (χ3n) is 5.18. The lowest BCUT2D eigenvalue weighted by atomic mass is 9.86. The second-order valence-corrected chi connectivity index (χ2v) is 6.94. The lowest BCUT2D eigenvalue weighted by Gasteiger charge is -2.32. The number of aryl methyl sites for hydroxylation is 3. The van der Waals surface area contributed by atoms with E-state index in [1.54, 1.807) is 0 Å². The van der Waals surface area contributed by atoms with Crippen molar-refractivity contribution in [3.63, 3.8) is 0 Å². The second-order valence-electron chi connectivity index (χ2n) is 6.94. The highest BCUT2D eigenvalue weighted by molar-refractivity contribution is 5.84. The van der Waals surface area contributed by atoms with Crippen molar-refractivity contribution in [2.75, 3.05) is 11.9 Å². The highest BCUT2D eigenvalue weighted by Gasteiger charge is 2.23. The summed E-state index contributed by atoms with van der Waals surface area (Å²) in [6.45, 7) is 6.64. The van der Waals surface area contributed by atoms with Crippen molar-refractivity contribution < 1.29 is 0 Å². The molecule has 0 saturated carbocycles. The summed E-state index contributed by atoms with van der Waals surface area (Å²) in [5, 5.41) is 0. The van der Waals surface area contributed by atoms with Crippen molar-refractivity contribution in [2.24, 2.45) is 0 Å². The molecular weight excluding hydrogens is 290 g/mol. The molecule has 4 rings (SSSR count). The molecule has 0 N–H and O–H groups in total. The van der Waals surface area contributed by atoms with Crippen LogP contribution in [0.15, 0.2) is 54.6 Å². The van der Waals surface area contributed by atoms with Gasteiger partial charge in [-0.25, -0.2) is 0 Å². The Morgan fingerprint density at radius 3 is 2.21 bits per heavy atom. The molecular formula is C23H23N. The molecule has 24 heavy (non-hydrogen) atoms. The molecule has 1 aliphatic rings. The molecule has 1 nitrogen and oxygen atoms in total. The van der Waals surface area contributed by atoms with Crippen LogP contribution in [-0.4, -0.2) is 7.05 Å². The fourth-order valence-electron chi connectivity index (χ4n) is 4.22. The van der Waals surface area contributed by atoms with Gasteiger partial charge in [-0.2, -0.15) is 0 Å². The predicted octanol–water partition coefficient (Wildman–Crippen LogP) is 5.95. The normalized spacial score (nSPS) is 12.8. The third-order valence-corrected chi connectivity index (χ3v) is 5.18. The highest BCUT2D eigenvalue weighted by Crippen LogP contribution is 2.43. The largest absolute Gasteiger partial charge is 0.344 e. The average Bonchev–Trinajstić information content (AvgIpc) is 2.55. The van der Waals surface area contributed by atoms with Crippen molar-refractivity contribution in [2.45, 2.75) is 27.2 Å². The zero-order chi connectivity index (χ0) is 16.8. The predicted molar refractivity (Wildman–Crippen MR) is 103 cm³/mol. The Hall–Kier alpha value is -2.54. The van der Waals surface area contributed by atoms with Crippen LogP contribution in [-0.2, 0) is 6.42 Å². The monoisotopic (exact) mass is 313 g/mol. The second kappa shape index (κ2) is 5.52. The summed E-state index contributed by atoms with van der Waals surface area (Å²) in [6.07, 6.45) is 0.999. The van der Waals surface area contributed by atoms with E-state index in [-0.39, 0.29) is 0 Å². The van der Waals surface area contributed by atoms with Crippen LogP contribution in [0.1, 0.15) is 27.8 Å².